The molecule has 0 bridgehead atoms. The van der Waals surface area contributed by atoms with Crippen LogP contribution in [0.25, 0.3) is 0 Å². The molecule has 0 aliphatic carbocycles. The Morgan fingerprint density at radius 1 is 1.37 bits per heavy atom. The lowest BCUT2D eigenvalue weighted by atomic mass is 9.86. The summed E-state index contributed by atoms with van der Waals surface area (Å²) in [6.07, 6.45) is 0.477. The first-order valence-corrected chi connectivity index (χ1v) is 6.97. The maximum atomic E-state index is 13.8. The average molecular weight is 263 g/mol. The monoisotopic (exact) mass is 263 g/mol. The standard InChI is InChI=1S/C15H18FNO2/c16-11-6-15(9-18)5-10-8-19-13-4-2-1-3-12(13)14(10)17(15)7-11/h1-4,10-11,14,18H,5-9H2/t10?,11-,14?,15?/m1/s1. The number of hydrogen-bond donors (Lipinski definition) is 1. The molecular formula is C15H18FNO2. The normalized spacial score (nSPS) is 40.4. The van der Waals surface area contributed by atoms with Gasteiger partial charge in [-0.15, -0.1) is 0 Å². The molecule has 4 atom stereocenters. The van der Waals surface area contributed by atoms with Crippen LogP contribution in [0, 0.1) is 5.92 Å². The van der Waals surface area contributed by atoms with E-state index in [0.29, 0.717) is 25.5 Å². The third kappa shape index (κ3) is 1.50. The second-order valence-electron chi connectivity index (χ2n) is 6.09. The summed E-state index contributed by atoms with van der Waals surface area (Å²) in [5, 5.41) is 9.79. The highest BCUT2D eigenvalue weighted by Crippen LogP contribution is 2.55. The molecule has 0 radical (unpaired) electrons. The molecule has 19 heavy (non-hydrogen) atoms. The van der Waals surface area contributed by atoms with E-state index in [2.05, 4.69) is 11.0 Å². The first-order valence-electron chi connectivity index (χ1n) is 6.97. The van der Waals surface area contributed by atoms with Gasteiger partial charge in [-0.2, -0.15) is 0 Å². The summed E-state index contributed by atoms with van der Waals surface area (Å²) in [7, 11) is 0. The van der Waals surface area contributed by atoms with Gasteiger partial charge in [0.1, 0.15) is 11.9 Å². The van der Waals surface area contributed by atoms with Crippen LogP contribution < -0.4 is 4.74 Å². The molecule has 2 fully saturated rings. The second kappa shape index (κ2) is 3.93. The van der Waals surface area contributed by atoms with E-state index in [-0.39, 0.29) is 18.2 Å². The van der Waals surface area contributed by atoms with E-state index in [9.17, 15) is 9.50 Å². The van der Waals surface area contributed by atoms with E-state index in [0.717, 1.165) is 17.7 Å². The van der Waals surface area contributed by atoms with E-state index < -0.39 is 6.17 Å². The zero-order chi connectivity index (χ0) is 13.0. The van der Waals surface area contributed by atoms with Crippen molar-refractivity contribution in [2.24, 2.45) is 5.92 Å². The van der Waals surface area contributed by atoms with Gasteiger partial charge >= 0.3 is 0 Å². The van der Waals surface area contributed by atoms with Crippen LogP contribution in [0.4, 0.5) is 4.39 Å². The predicted molar refractivity (Wildman–Crippen MR) is 68.8 cm³/mol. The molecule has 1 aromatic carbocycles. The Bertz CT molecular complexity index is 509. The number of para-hydroxylation sites is 1. The Labute approximate surface area is 112 Å². The SMILES string of the molecule is OCC12CC3COc4ccccc4C3N1C[C@H](F)C2. The maximum absolute atomic E-state index is 13.8. The van der Waals surface area contributed by atoms with Crippen LogP contribution in [-0.4, -0.2) is 41.5 Å². The lowest BCUT2D eigenvalue weighted by Crippen LogP contribution is -2.42. The highest BCUT2D eigenvalue weighted by Gasteiger charge is 2.58. The minimum atomic E-state index is -0.817. The Balaban J connectivity index is 1.79. The van der Waals surface area contributed by atoms with Gasteiger partial charge in [0.2, 0.25) is 0 Å². The molecule has 102 valence electrons. The van der Waals surface area contributed by atoms with E-state index in [1.807, 2.05) is 18.2 Å². The number of benzene rings is 1. The highest BCUT2D eigenvalue weighted by molar-refractivity contribution is 5.40. The third-order valence-electron chi connectivity index (χ3n) is 5.01. The molecule has 0 saturated carbocycles. The number of nitrogens with zero attached hydrogens (tertiary/aromatic N) is 1. The van der Waals surface area contributed by atoms with Crippen molar-refractivity contribution in [1.29, 1.82) is 0 Å². The zero-order valence-corrected chi connectivity index (χ0v) is 10.8. The lowest BCUT2D eigenvalue weighted by Gasteiger charge is -2.35. The minimum absolute atomic E-state index is 0.0442. The van der Waals surface area contributed by atoms with Gasteiger partial charge in [-0.05, 0) is 12.5 Å². The summed E-state index contributed by atoms with van der Waals surface area (Å²) in [6.45, 7) is 1.16. The fourth-order valence-corrected chi connectivity index (χ4v) is 4.31. The van der Waals surface area contributed by atoms with Crippen LogP contribution in [0.5, 0.6) is 5.75 Å². The molecule has 4 heteroatoms. The molecule has 0 amide bonds. The molecule has 0 spiro atoms. The van der Waals surface area contributed by atoms with Crippen molar-refractivity contribution in [3.05, 3.63) is 29.8 Å². The van der Waals surface area contributed by atoms with Gasteiger partial charge in [0.05, 0.1) is 13.2 Å². The van der Waals surface area contributed by atoms with Gasteiger partial charge in [-0.1, -0.05) is 18.2 Å². The molecule has 3 heterocycles. The third-order valence-corrected chi connectivity index (χ3v) is 5.01. The van der Waals surface area contributed by atoms with E-state index in [1.165, 1.54) is 0 Å². The smallest absolute Gasteiger partial charge is 0.124 e. The molecule has 3 nitrogen and oxygen atoms in total. The van der Waals surface area contributed by atoms with Crippen LogP contribution in [0.1, 0.15) is 24.4 Å². The van der Waals surface area contributed by atoms with Gasteiger partial charge in [0, 0.05) is 36.0 Å². The molecular weight excluding hydrogens is 245 g/mol. The minimum Gasteiger partial charge on any atom is -0.493 e. The lowest BCUT2D eigenvalue weighted by molar-refractivity contribution is 0.0719. The molecule has 3 aliphatic heterocycles. The van der Waals surface area contributed by atoms with Crippen molar-refractivity contribution >= 4 is 0 Å². The van der Waals surface area contributed by atoms with Gasteiger partial charge < -0.3 is 9.84 Å². The van der Waals surface area contributed by atoms with Gasteiger partial charge in [-0.3, -0.25) is 4.90 Å². The molecule has 1 N–H and O–H groups in total. The number of alkyl halides is 1. The van der Waals surface area contributed by atoms with E-state index in [1.54, 1.807) is 0 Å². The molecule has 0 aromatic heterocycles. The molecule has 1 aromatic rings. The Morgan fingerprint density at radius 3 is 3.05 bits per heavy atom. The Kier molecular flexibility index (Phi) is 2.42. The van der Waals surface area contributed by atoms with Crippen LogP contribution in [0.15, 0.2) is 24.3 Å². The fraction of sp³-hybridized carbons (Fsp3) is 0.600. The summed E-state index contributed by atoms with van der Waals surface area (Å²) in [4.78, 5) is 2.20. The van der Waals surface area contributed by atoms with Gasteiger partial charge in [0.25, 0.3) is 0 Å². The van der Waals surface area contributed by atoms with Crippen LogP contribution in [0.3, 0.4) is 0 Å². The van der Waals surface area contributed by atoms with Crippen molar-refractivity contribution in [1.82, 2.24) is 4.90 Å². The summed E-state index contributed by atoms with van der Waals surface area (Å²) >= 11 is 0. The second-order valence-corrected chi connectivity index (χ2v) is 6.09. The summed E-state index contributed by atoms with van der Waals surface area (Å²) in [5.74, 6) is 1.29. The molecule has 2 saturated heterocycles. The number of ether oxygens (including phenoxy) is 1. The summed E-state index contributed by atoms with van der Waals surface area (Å²) in [6, 6.07) is 8.23. The fourth-order valence-electron chi connectivity index (χ4n) is 4.31. The number of hydrogen-bond acceptors (Lipinski definition) is 3. The number of fused-ring (bicyclic) bond motifs is 5. The van der Waals surface area contributed by atoms with Crippen LogP contribution in [-0.2, 0) is 0 Å². The Hall–Kier alpha value is -1.13. The van der Waals surface area contributed by atoms with E-state index in [4.69, 9.17) is 4.74 Å². The maximum Gasteiger partial charge on any atom is 0.124 e. The highest BCUT2D eigenvalue weighted by atomic mass is 19.1. The van der Waals surface area contributed by atoms with Crippen LogP contribution >= 0.6 is 0 Å². The topological polar surface area (TPSA) is 32.7 Å². The van der Waals surface area contributed by atoms with Crippen molar-refractivity contribution in [3.8, 4) is 5.75 Å². The zero-order valence-electron chi connectivity index (χ0n) is 10.8. The Morgan fingerprint density at radius 2 is 2.21 bits per heavy atom. The van der Waals surface area contributed by atoms with E-state index >= 15 is 0 Å². The first kappa shape index (κ1) is 11.7. The van der Waals surface area contributed by atoms with Crippen molar-refractivity contribution in [2.75, 3.05) is 19.8 Å². The van der Waals surface area contributed by atoms with Crippen LogP contribution in [0.2, 0.25) is 0 Å². The quantitative estimate of drug-likeness (QED) is 0.840. The average Bonchev–Trinajstić information content (AvgIpc) is 2.90. The van der Waals surface area contributed by atoms with Gasteiger partial charge in [-0.25, -0.2) is 4.39 Å². The summed E-state index contributed by atoms with van der Waals surface area (Å²) < 4.78 is 19.6. The van der Waals surface area contributed by atoms with Gasteiger partial charge in [0.15, 0.2) is 0 Å². The number of aliphatic hydroxyl groups excluding tert-OH is 1. The number of rotatable bonds is 1. The predicted octanol–water partition coefficient (Wildman–Crippen LogP) is 1.91. The van der Waals surface area contributed by atoms with Crippen molar-refractivity contribution in [2.45, 2.75) is 30.6 Å². The summed E-state index contributed by atoms with van der Waals surface area (Å²) in [5.41, 5.74) is 0.790. The number of aliphatic hydroxyl groups is 1. The number of halogens is 1. The molecule has 3 unspecified atom stereocenters. The molecule has 3 aliphatic rings. The van der Waals surface area contributed by atoms with Crippen molar-refractivity contribution < 1.29 is 14.2 Å². The van der Waals surface area contributed by atoms with Crippen molar-refractivity contribution in [3.63, 3.8) is 0 Å². The molecule has 4 rings (SSSR count). The first-order chi connectivity index (χ1) is 9.23. The largest absolute Gasteiger partial charge is 0.493 e.